The van der Waals surface area contributed by atoms with Gasteiger partial charge in [0.25, 0.3) is 0 Å². The van der Waals surface area contributed by atoms with Crippen LogP contribution in [-0.2, 0) is 9.47 Å². The van der Waals surface area contributed by atoms with E-state index in [0.717, 1.165) is 58.8 Å². The third-order valence-corrected chi connectivity index (χ3v) is 6.90. The Hall–Kier alpha value is -1.51. The number of anilines is 2. The summed E-state index contributed by atoms with van der Waals surface area (Å²) in [5.41, 5.74) is 0.118. The molecule has 1 saturated carbocycles. The van der Waals surface area contributed by atoms with Gasteiger partial charge in [0.05, 0.1) is 26.0 Å². The molecule has 3 heterocycles. The second-order valence-electron chi connectivity index (χ2n) is 8.40. The van der Waals surface area contributed by atoms with Crippen LogP contribution in [0.25, 0.3) is 0 Å². The van der Waals surface area contributed by atoms with E-state index in [9.17, 15) is 4.39 Å². The van der Waals surface area contributed by atoms with Crippen molar-refractivity contribution in [2.75, 3.05) is 70.4 Å². The van der Waals surface area contributed by atoms with Crippen molar-refractivity contribution in [3.05, 3.63) is 12.0 Å². The van der Waals surface area contributed by atoms with Gasteiger partial charge in [-0.1, -0.05) is 0 Å². The maximum atomic E-state index is 13.8. The zero-order valence-electron chi connectivity index (χ0n) is 17.0. The molecule has 0 amide bonds. The first-order valence-electron chi connectivity index (χ1n) is 10.4. The van der Waals surface area contributed by atoms with E-state index >= 15 is 0 Å². The summed E-state index contributed by atoms with van der Waals surface area (Å²) in [6.07, 6.45) is 5.92. The van der Waals surface area contributed by atoms with Crippen LogP contribution in [0.4, 0.5) is 16.2 Å². The van der Waals surface area contributed by atoms with Crippen LogP contribution in [0.3, 0.4) is 0 Å². The van der Waals surface area contributed by atoms with E-state index in [4.69, 9.17) is 9.47 Å². The van der Waals surface area contributed by atoms with Gasteiger partial charge in [-0.3, -0.25) is 4.90 Å². The monoisotopic (exact) mass is 393 g/mol. The summed E-state index contributed by atoms with van der Waals surface area (Å²) < 4.78 is 25.0. The number of methoxy groups -OCH3 is 1. The van der Waals surface area contributed by atoms with Crippen LogP contribution in [0, 0.1) is 17.2 Å². The molecule has 8 heteroatoms. The largest absolute Gasteiger partial charge is 0.384 e. The Morgan fingerprint density at radius 1 is 1.32 bits per heavy atom. The highest BCUT2D eigenvalue weighted by atomic mass is 19.1. The predicted octanol–water partition coefficient (Wildman–Crippen LogP) is 2.00. The Balaban J connectivity index is 1.50. The quantitative estimate of drug-likeness (QED) is 0.821. The minimum Gasteiger partial charge on any atom is -0.384 e. The number of ether oxygens (including phenoxy) is 2. The third-order valence-electron chi connectivity index (χ3n) is 6.90. The van der Waals surface area contributed by atoms with Crippen LogP contribution in [0.2, 0.25) is 0 Å². The zero-order valence-corrected chi connectivity index (χ0v) is 17.0. The normalized spacial score (nSPS) is 31.5. The van der Waals surface area contributed by atoms with Crippen molar-refractivity contribution in [2.45, 2.75) is 31.7 Å². The molecule has 3 atom stereocenters. The number of hydrogen-bond acceptors (Lipinski definition) is 7. The topological polar surface area (TPSA) is 62.8 Å². The molecular weight excluding hydrogens is 361 g/mol. The SMILES string of the molecule is CNc1nc(N2CC[C@@H]3C[C@H](N4CCOCC4)CC[C@@]3(COC)C2)ncc1F. The minimum atomic E-state index is -0.418. The molecule has 0 aromatic carbocycles. The van der Waals surface area contributed by atoms with Gasteiger partial charge >= 0.3 is 0 Å². The number of hydrogen-bond donors (Lipinski definition) is 1. The molecule has 3 aliphatic rings. The summed E-state index contributed by atoms with van der Waals surface area (Å²) in [4.78, 5) is 13.5. The fourth-order valence-electron chi connectivity index (χ4n) is 5.41. The Labute approximate surface area is 166 Å². The van der Waals surface area contributed by atoms with Crippen LogP contribution in [0.15, 0.2) is 6.20 Å². The maximum Gasteiger partial charge on any atom is 0.227 e. The second kappa shape index (κ2) is 8.47. The lowest BCUT2D eigenvalue weighted by Gasteiger charge is -2.54. The second-order valence-corrected chi connectivity index (χ2v) is 8.40. The van der Waals surface area contributed by atoms with Crippen molar-refractivity contribution in [1.82, 2.24) is 14.9 Å². The molecule has 1 aromatic rings. The van der Waals surface area contributed by atoms with Crippen LogP contribution in [-0.4, -0.2) is 81.1 Å². The fourth-order valence-corrected chi connectivity index (χ4v) is 5.41. The summed E-state index contributed by atoms with van der Waals surface area (Å²) in [5, 5.41) is 2.81. The van der Waals surface area contributed by atoms with E-state index < -0.39 is 5.82 Å². The van der Waals surface area contributed by atoms with Gasteiger partial charge in [-0.2, -0.15) is 4.98 Å². The summed E-state index contributed by atoms with van der Waals surface area (Å²) >= 11 is 0. The predicted molar refractivity (Wildman–Crippen MR) is 106 cm³/mol. The molecule has 1 aromatic heterocycles. The molecule has 2 aliphatic heterocycles. The molecule has 4 rings (SSSR count). The molecule has 0 unspecified atom stereocenters. The molecule has 3 fully saturated rings. The summed E-state index contributed by atoms with van der Waals surface area (Å²) in [6, 6.07) is 0.656. The van der Waals surface area contributed by atoms with E-state index in [-0.39, 0.29) is 11.2 Å². The number of aromatic nitrogens is 2. The van der Waals surface area contributed by atoms with Crippen molar-refractivity contribution in [3.63, 3.8) is 0 Å². The van der Waals surface area contributed by atoms with Crippen LogP contribution in [0.5, 0.6) is 0 Å². The highest BCUT2D eigenvalue weighted by Gasteiger charge is 2.48. The smallest absolute Gasteiger partial charge is 0.227 e. The van der Waals surface area contributed by atoms with Crippen molar-refractivity contribution in [1.29, 1.82) is 0 Å². The highest BCUT2D eigenvalue weighted by Crippen LogP contribution is 2.48. The van der Waals surface area contributed by atoms with Gasteiger partial charge in [0, 0.05) is 51.8 Å². The van der Waals surface area contributed by atoms with E-state index in [1.165, 1.54) is 19.0 Å². The number of fused-ring (bicyclic) bond motifs is 1. The molecule has 7 nitrogen and oxygen atoms in total. The van der Waals surface area contributed by atoms with Crippen molar-refractivity contribution in [3.8, 4) is 0 Å². The third kappa shape index (κ3) is 3.82. The van der Waals surface area contributed by atoms with Gasteiger partial charge in [0.15, 0.2) is 11.6 Å². The Morgan fingerprint density at radius 3 is 2.89 bits per heavy atom. The van der Waals surface area contributed by atoms with Gasteiger partial charge in [-0.25, -0.2) is 9.37 Å². The molecular formula is C20H32FN5O2. The van der Waals surface area contributed by atoms with Crippen molar-refractivity contribution < 1.29 is 13.9 Å². The molecule has 0 spiro atoms. The van der Waals surface area contributed by atoms with E-state index in [1.807, 2.05) is 0 Å². The molecule has 1 aliphatic carbocycles. The number of halogens is 1. The molecule has 0 radical (unpaired) electrons. The Morgan fingerprint density at radius 2 is 2.14 bits per heavy atom. The van der Waals surface area contributed by atoms with E-state index in [1.54, 1.807) is 14.2 Å². The Bertz CT molecular complexity index is 672. The number of morpholine rings is 1. The van der Waals surface area contributed by atoms with E-state index in [2.05, 4.69) is 25.1 Å². The van der Waals surface area contributed by atoms with Crippen LogP contribution in [0.1, 0.15) is 25.7 Å². The lowest BCUT2D eigenvalue weighted by Crippen LogP contribution is -2.57. The average molecular weight is 394 g/mol. The zero-order chi connectivity index (χ0) is 19.6. The van der Waals surface area contributed by atoms with Crippen LogP contribution >= 0.6 is 0 Å². The molecule has 2 saturated heterocycles. The van der Waals surface area contributed by atoms with Gasteiger partial charge in [-0.15, -0.1) is 0 Å². The first-order chi connectivity index (χ1) is 13.6. The number of piperidine rings is 1. The lowest BCUT2D eigenvalue weighted by atomic mass is 9.62. The van der Waals surface area contributed by atoms with Gasteiger partial charge in [0.2, 0.25) is 5.95 Å². The molecule has 28 heavy (non-hydrogen) atoms. The van der Waals surface area contributed by atoms with Gasteiger partial charge in [-0.05, 0) is 31.6 Å². The van der Waals surface area contributed by atoms with E-state index in [0.29, 0.717) is 17.9 Å². The molecule has 1 N–H and O–H groups in total. The van der Waals surface area contributed by atoms with Crippen LogP contribution < -0.4 is 10.2 Å². The van der Waals surface area contributed by atoms with Crippen molar-refractivity contribution >= 4 is 11.8 Å². The minimum absolute atomic E-state index is 0.118. The summed E-state index contributed by atoms with van der Waals surface area (Å²) in [5.74, 6) is 1.08. The fraction of sp³-hybridized carbons (Fsp3) is 0.800. The van der Waals surface area contributed by atoms with Gasteiger partial charge in [0.1, 0.15) is 0 Å². The standard InChI is InChI=1S/C20H32FN5O2/c1-22-18-17(21)12-23-19(24-18)26-6-4-15-11-16(25-7-9-28-10-8-25)3-5-20(15,13-26)14-27-2/h12,15-16H,3-11,13-14H2,1-2H3,(H,22,23,24)/t15-,16-,20+/m1/s1. The summed E-state index contributed by atoms with van der Waals surface area (Å²) in [6.45, 7) is 6.34. The first kappa shape index (κ1) is 19.8. The first-order valence-corrected chi connectivity index (χ1v) is 10.4. The number of nitrogens with one attached hydrogen (secondary N) is 1. The summed E-state index contributed by atoms with van der Waals surface area (Å²) in [7, 11) is 3.48. The lowest BCUT2D eigenvalue weighted by molar-refractivity contribution is -0.0541. The average Bonchev–Trinajstić information content (AvgIpc) is 2.74. The molecule has 0 bridgehead atoms. The number of nitrogens with zero attached hydrogens (tertiary/aromatic N) is 4. The van der Waals surface area contributed by atoms with Gasteiger partial charge < -0.3 is 19.7 Å². The number of rotatable bonds is 5. The molecule has 156 valence electrons. The Kier molecular flexibility index (Phi) is 5.99. The maximum absolute atomic E-state index is 13.8. The highest BCUT2D eigenvalue weighted by molar-refractivity contribution is 5.42. The van der Waals surface area contributed by atoms with Crippen molar-refractivity contribution in [2.24, 2.45) is 11.3 Å².